The molecule has 0 aliphatic carbocycles. The van der Waals surface area contributed by atoms with Crippen LogP contribution in [0.25, 0.3) is 0 Å². The van der Waals surface area contributed by atoms with Crippen molar-refractivity contribution in [2.24, 2.45) is 0 Å². The van der Waals surface area contributed by atoms with Gasteiger partial charge in [-0.25, -0.2) is 4.39 Å². The summed E-state index contributed by atoms with van der Waals surface area (Å²) < 4.78 is 60.4. The zero-order valence-electron chi connectivity index (χ0n) is 17.4. The smallest absolute Gasteiger partial charge is 0.207 e. The maximum atomic E-state index is 14.8. The molecule has 0 spiro atoms. The first-order chi connectivity index (χ1) is 15.0. The van der Waals surface area contributed by atoms with E-state index in [1.165, 1.54) is 17.7 Å². The van der Waals surface area contributed by atoms with Crippen LogP contribution < -0.4 is 14.2 Å². The molecule has 1 heterocycles. The summed E-state index contributed by atoms with van der Waals surface area (Å²) in [5, 5.41) is 0. The summed E-state index contributed by atoms with van der Waals surface area (Å²) in [6.45, 7) is 3.98. The summed E-state index contributed by atoms with van der Waals surface area (Å²) in [6, 6.07) is 12.2. The molecule has 3 nitrogen and oxygen atoms in total. The van der Waals surface area contributed by atoms with Gasteiger partial charge < -0.3 is 14.2 Å². The Morgan fingerprint density at radius 1 is 0.839 bits per heavy atom. The van der Waals surface area contributed by atoms with Gasteiger partial charge in [0.1, 0.15) is 12.4 Å². The van der Waals surface area contributed by atoms with E-state index in [0.29, 0.717) is 16.9 Å². The monoisotopic (exact) mass is 428 g/mol. The molecule has 0 saturated carbocycles. The summed E-state index contributed by atoms with van der Waals surface area (Å²) in [5.74, 6) is -2.78. The Morgan fingerprint density at radius 3 is 2.29 bits per heavy atom. The lowest BCUT2D eigenvalue weighted by atomic mass is 9.97. The number of fused-ring (bicyclic) bond motifs is 2. The van der Waals surface area contributed by atoms with E-state index in [-0.39, 0.29) is 42.4 Å². The van der Waals surface area contributed by atoms with E-state index in [9.17, 15) is 13.2 Å². The second-order valence-corrected chi connectivity index (χ2v) is 7.41. The molecule has 0 unspecified atom stereocenters. The van der Waals surface area contributed by atoms with Crippen molar-refractivity contribution in [3.8, 4) is 23.0 Å². The van der Waals surface area contributed by atoms with Crippen molar-refractivity contribution in [1.82, 2.24) is 0 Å². The summed E-state index contributed by atoms with van der Waals surface area (Å²) in [5.41, 5.74) is 2.24. The minimum absolute atomic E-state index is 0.0144. The second kappa shape index (κ2) is 8.92. The number of hydrogen-bond donors (Lipinski definition) is 0. The lowest BCUT2D eigenvalue weighted by Crippen LogP contribution is -2.11. The normalized spacial score (nSPS) is 12.0. The van der Waals surface area contributed by atoms with Gasteiger partial charge in [0, 0.05) is 23.1 Å². The van der Waals surface area contributed by atoms with Crippen molar-refractivity contribution in [2.45, 2.75) is 39.7 Å². The Bertz CT molecular complexity index is 1090. The van der Waals surface area contributed by atoms with E-state index in [0.717, 1.165) is 12.8 Å². The Labute approximate surface area is 179 Å². The van der Waals surface area contributed by atoms with E-state index in [1.807, 2.05) is 24.3 Å². The minimum Gasteiger partial charge on any atom is -0.491 e. The predicted octanol–water partition coefficient (Wildman–Crippen LogP) is 6.73. The molecule has 0 saturated heterocycles. The molecule has 0 bridgehead atoms. The van der Waals surface area contributed by atoms with Crippen LogP contribution in [0.15, 0.2) is 42.5 Å². The molecule has 0 atom stereocenters. The molecular weight excluding hydrogens is 405 g/mol. The summed E-state index contributed by atoms with van der Waals surface area (Å²) >= 11 is 0. The largest absolute Gasteiger partial charge is 0.491 e. The molecule has 6 heteroatoms. The van der Waals surface area contributed by atoms with Crippen LogP contribution in [0.5, 0.6) is 23.0 Å². The molecule has 0 N–H and O–H groups in total. The van der Waals surface area contributed by atoms with Gasteiger partial charge in [-0.2, -0.15) is 8.78 Å². The van der Waals surface area contributed by atoms with E-state index < -0.39 is 17.5 Å². The molecule has 3 aromatic carbocycles. The first-order valence-corrected chi connectivity index (χ1v) is 10.3. The number of rotatable bonds is 7. The third kappa shape index (κ3) is 4.20. The highest BCUT2D eigenvalue weighted by Gasteiger charge is 2.28. The van der Waals surface area contributed by atoms with Crippen molar-refractivity contribution in [3.63, 3.8) is 0 Å². The highest BCUT2D eigenvalue weighted by atomic mass is 19.2. The topological polar surface area (TPSA) is 27.7 Å². The van der Waals surface area contributed by atoms with Crippen molar-refractivity contribution in [3.05, 3.63) is 82.2 Å². The van der Waals surface area contributed by atoms with Crippen LogP contribution in [0.2, 0.25) is 0 Å². The lowest BCUT2D eigenvalue weighted by molar-refractivity contribution is 0.293. The van der Waals surface area contributed by atoms with Gasteiger partial charge >= 0.3 is 0 Å². The van der Waals surface area contributed by atoms with Crippen LogP contribution in [0.1, 0.15) is 42.5 Å². The number of halogens is 3. The molecule has 1 aliphatic rings. The number of ether oxygens (including phenoxy) is 3. The highest BCUT2D eigenvalue weighted by Crippen LogP contribution is 2.43. The molecule has 31 heavy (non-hydrogen) atoms. The van der Waals surface area contributed by atoms with Gasteiger partial charge in [-0.15, -0.1) is 0 Å². The maximum Gasteiger partial charge on any atom is 0.207 e. The quantitative estimate of drug-likeness (QED) is 0.327. The third-order valence-electron chi connectivity index (χ3n) is 5.20. The van der Waals surface area contributed by atoms with E-state index in [2.05, 4.69) is 6.92 Å². The Morgan fingerprint density at radius 2 is 1.58 bits per heavy atom. The fraction of sp³-hybridized carbons (Fsp3) is 0.280. The molecular formula is C25H23F3O3. The first kappa shape index (κ1) is 21.1. The van der Waals surface area contributed by atoms with Gasteiger partial charge in [0.15, 0.2) is 23.1 Å². The molecule has 0 radical (unpaired) electrons. The van der Waals surface area contributed by atoms with Gasteiger partial charge in [0.25, 0.3) is 0 Å². The molecule has 1 aliphatic heterocycles. The number of hydrogen-bond acceptors (Lipinski definition) is 3. The standard InChI is InChI=1S/C25H23F3O3/c1-3-5-15-6-9-19(10-7-15)30-14-18-13-17-12-16-8-11-20(29-4-2)22(27)24(16)31-25(17)23(28)21(18)26/h6-11,13H,3-5,12,14H2,1-2H3. The molecule has 0 aromatic heterocycles. The van der Waals surface area contributed by atoms with Crippen LogP contribution in [0.3, 0.4) is 0 Å². The fourth-order valence-corrected chi connectivity index (χ4v) is 3.67. The van der Waals surface area contributed by atoms with Crippen LogP contribution in [0.4, 0.5) is 13.2 Å². The SMILES string of the molecule is CCCc1ccc(OCc2cc3c(c(F)c2F)Oc2c(ccc(OCC)c2F)C3)cc1. The Hall–Kier alpha value is -3.15. The fourth-order valence-electron chi connectivity index (χ4n) is 3.67. The van der Waals surface area contributed by atoms with Crippen molar-refractivity contribution >= 4 is 0 Å². The van der Waals surface area contributed by atoms with E-state index in [1.54, 1.807) is 13.0 Å². The third-order valence-corrected chi connectivity index (χ3v) is 5.20. The lowest BCUT2D eigenvalue weighted by Gasteiger charge is -2.23. The summed E-state index contributed by atoms with van der Waals surface area (Å²) in [6.07, 6.45) is 2.23. The van der Waals surface area contributed by atoms with Crippen molar-refractivity contribution in [2.75, 3.05) is 6.61 Å². The van der Waals surface area contributed by atoms with Crippen molar-refractivity contribution in [1.29, 1.82) is 0 Å². The average molecular weight is 428 g/mol. The second-order valence-electron chi connectivity index (χ2n) is 7.41. The highest BCUT2D eigenvalue weighted by molar-refractivity contribution is 5.54. The zero-order chi connectivity index (χ0) is 22.0. The van der Waals surface area contributed by atoms with Crippen LogP contribution in [-0.2, 0) is 19.4 Å². The molecule has 3 aromatic rings. The van der Waals surface area contributed by atoms with Gasteiger partial charge in [-0.1, -0.05) is 31.5 Å². The van der Waals surface area contributed by atoms with Crippen LogP contribution in [-0.4, -0.2) is 6.61 Å². The van der Waals surface area contributed by atoms with Gasteiger partial charge in [0.2, 0.25) is 11.6 Å². The van der Waals surface area contributed by atoms with E-state index >= 15 is 0 Å². The Balaban J connectivity index is 1.57. The number of benzene rings is 3. The summed E-state index contributed by atoms with van der Waals surface area (Å²) in [4.78, 5) is 0. The van der Waals surface area contributed by atoms with E-state index in [4.69, 9.17) is 14.2 Å². The minimum atomic E-state index is -1.15. The summed E-state index contributed by atoms with van der Waals surface area (Å²) in [7, 11) is 0. The molecule has 4 rings (SSSR count). The van der Waals surface area contributed by atoms with Gasteiger partial charge in [-0.3, -0.25) is 0 Å². The average Bonchev–Trinajstić information content (AvgIpc) is 2.78. The van der Waals surface area contributed by atoms with Crippen molar-refractivity contribution < 1.29 is 27.4 Å². The molecule has 0 amide bonds. The Kier molecular flexibility index (Phi) is 6.07. The van der Waals surface area contributed by atoms with Gasteiger partial charge in [0.05, 0.1) is 6.61 Å². The number of aryl methyl sites for hydroxylation is 1. The van der Waals surface area contributed by atoms with Crippen LogP contribution >= 0.6 is 0 Å². The predicted molar refractivity (Wildman–Crippen MR) is 112 cm³/mol. The first-order valence-electron chi connectivity index (χ1n) is 10.3. The molecule has 162 valence electrons. The maximum absolute atomic E-state index is 14.8. The van der Waals surface area contributed by atoms with Gasteiger partial charge in [-0.05, 0) is 43.2 Å². The zero-order valence-corrected chi connectivity index (χ0v) is 17.4. The molecule has 0 fully saturated rings. The van der Waals surface area contributed by atoms with Crippen LogP contribution in [0, 0.1) is 17.5 Å².